The Hall–Kier alpha value is -2.01. The Morgan fingerprint density at radius 2 is 2.00 bits per heavy atom. The van der Waals surface area contributed by atoms with Crippen LogP contribution in [0.1, 0.15) is 37.5 Å². The Morgan fingerprint density at radius 1 is 1.30 bits per heavy atom. The lowest BCUT2D eigenvalue weighted by Crippen LogP contribution is -2.33. The molecule has 1 aliphatic rings. The fraction of sp³-hybridized carbons (Fsp3) is 0.500. The standard InChI is InChI=1S/C18H25N3O2/c1-18(2,3)23-17(22)20-6-5-12-11-21(4)16-8-14-10-19-9-13(14)7-15(12)16/h7-8,11,19H,5-6,9-10H2,1-4H3,(H,20,22). The molecular formula is C18H25N3O2. The SMILES string of the molecule is Cn1cc(CCNC(=O)OC(C)(C)C)c2cc3c(cc21)CNC3. The highest BCUT2D eigenvalue weighted by molar-refractivity contribution is 5.86. The maximum Gasteiger partial charge on any atom is 0.407 e. The topological polar surface area (TPSA) is 55.3 Å². The lowest BCUT2D eigenvalue weighted by atomic mass is 10.0. The molecule has 0 saturated carbocycles. The highest BCUT2D eigenvalue weighted by Crippen LogP contribution is 2.27. The third kappa shape index (κ3) is 3.50. The van der Waals surface area contributed by atoms with Gasteiger partial charge in [-0.05, 0) is 56.0 Å². The first-order valence-electron chi connectivity index (χ1n) is 8.11. The fourth-order valence-corrected chi connectivity index (χ4v) is 3.07. The van der Waals surface area contributed by atoms with Crippen molar-refractivity contribution in [3.8, 4) is 0 Å². The van der Waals surface area contributed by atoms with Crippen LogP contribution < -0.4 is 10.6 Å². The van der Waals surface area contributed by atoms with Crippen LogP contribution in [0.2, 0.25) is 0 Å². The Bertz CT molecular complexity index is 741. The molecule has 5 heteroatoms. The van der Waals surface area contributed by atoms with Crippen molar-refractivity contribution in [1.82, 2.24) is 15.2 Å². The summed E-state index contributed by atoms with van der Waals surface area (Å²) in [7, 11) is 2.07. The minimum absolute atomic E-state index is 0.358. The van der Waals surface area contributed by atoms with Crippen molar-refractivity contribution in [3.05, 3.63) is 35.0 Å². The molecule has 2 heterocycles. The number of amides is 1. The van der Waals surface area contributed by atoms with E-state index in [9.17, 15) is 4.79 Å². The van der Waals surface area contributed by atoms with E-state index in [1.165, 1.54) is 27.6 Å². The molecule has 1 aromatic heterocycles. The molecule has 0 bridgehead atoms. The second-order valence-electron chi connectivity index (χ2n) is 7.19. The molecule has 0 aliphatic carbocycles. The summed E-state index contributed by atoms with van der Waals surface area (Å²) >= 11 is 0. The number of aromatic nitrogens is 1. The van der Waals surface area contributed by atoms with E-state index in [1.807, 2.05) is 20.8 Å². The van der Waals surface area contributed by atoms with Crippen molar-refractivity contribution < 1.29 is 9.53 Å². The highest BCUT2D eigenvalue weighted by Gasteiger charge is 2.17. The van der Waals surface area contributed by atoms with E-state index >= 15 is 0 Å². The zero-order valence-electron chi connectivity index (χ0n) is 14.3. The number of aryl methyl sites for hydroxylation is 1. The molecule has 0 fully saturated rings. The third-order valence-electron chi connectivity index (χ3n) is 4.09. The van der Waals surface area contributed by atoms with Gasteiger partial charge in [-0.3, -0.25) is 0 Å². The van der Waals surface area contributed by atoms with Crippen molar-refractivity contribution in [2.24, 2.45) is 7.05 Å². The minimum Gasteiger partial charge on any atom is -0.444 e. The van der Waals surface area contributed by atoms with Gasteiger partial charge in [0, 0.05) is 43.8 Å². The molecule has 2 N–H and O–H groups in total. The summed E-state index contributed by atoms with van der Waals surface area (Å²) in [6.45, 7) is 8.06. The normalized spacial score (nSPS) is 14.1. The van der Waals surface area contributed by atoms with E-state index < -0.39 is 5.60 Å². The maximum atomic E-state index is 11.7. The summed E-state index contributed by atoms with van der Waals surface area (Å²) in [5.74, 6) is 0. The van der Waals surface area contributed by atoms with Crippen LogP contribution in [0.3, 0.4) is 0 Å². The first-order valence-corrected chi connectivity index (χ1v) is 8.11. The molecule has 1 aliphatic heterocycles. The van der Waals surface area contributed by atoms with E-state index in [1.54, 1.807) is 0 Å². The summed E-state index contributed by atoms with van der Waals surface area (Å²) in [5.41, 5.74) is 4.81. The number of benzene rings is 1. The van der Waals surface area contributed by atoms with E-state index in [0.717, 1.165) is 19.5 Å². The molecule has 2 aromatic rings. The molecule has 0 radical (unpaired) electrons. The van der Waals surface area contributed by atoms with Gasteiger partial charge in [-0.15, -0.1) is 0 Å². The number of ether oxygens (including phenoxy) is 1. The second-order valence-corrected chi connectivity index (χ2v) is 7.19. The Balaban J connectivity index is 1.70. The maximum absolute atomic E-state index is 11.7. The molecule has 0 atom stereocenters. The molecule has 0 unspecified atom stereocenters. The molecule has 23 heavy (non-hydrogen) atoms. The number of nitrogens with one attached hydrogen (secondary N) is 2. The Morgan fingerprint density at radius 3 is 2.70 bits per heavy atom. The lowest BCUT2D eigenvalue weighted by molar-refractivity contribution is 0.0528. The molecular weight excluding hydrogens is 290 g/mol. The van der Waals surface area contributed by atoms with Crippen molar-refractivity contribution >= 4 is 17.0 Å². The first kappa shape index (κ1) is 15.9. The number of alkyl carbamates (subject to hydrolysis) is 1. The predicted octanol–water partition coefficient (Wildman–Crippen LogP) is 2.85. The summed E-state index contributed by atoms with van der Waals surface area (Å²) in [5, 5.41) is 7.50. The Labute approximate surface area is 137 Å². The van der Waals surface area contributed by atoms with Crippen molar-refractivity contribution in [1.29, 1.82) is 0 Å². The number of carbonyl (C=O) groups is 1. The van der Waals surface area contributed by atoms with Crippen LogP contribution in [-0.2, 0) is 31.3 Å². The number of nitrogens with zero attached hydrogens (tertiary/aromatic N) is 1. The largest absolute Gasteiger partial charge is 0.444 e. The molecule has 1 aromatic carbocycles. The number of rotatable bonds is 3. The summed E-state index contributed by atoms with van der Waals surface area (Å²) in [6.07, 6.45) is 2.59. The van der Waals surface area contributed by atoms with Gasteiger partial charge in [0.15, 0.2) is 0 Å². The van der Waals surface area contributed by atoms with E-state index in [4.69, 9.17) is 4.74 Å². The second kappa shape index (κ2) is 5.89. The number of fused-ring (bicyclic) bond motifs is 2. The van der Waals surface area contributed by atoms with Gasteiger partial charge >= 0.3 is 6.09 Å². The smallest absolute Gasteiger partial charge is 0.407 e. The van der Waals surface area contributed by atoms with E-state index in [-0.39, 0.29) is 6.09 Å². The average Bonchev–Trinajstić information content (AvgIpc) is 3.00. The molecule has 0 saturated heterocycles. The van der Waals surface area contributed by atoms with Gasteiger partial charge in [-0.2, -0.15) is 0 Å². The van der Waals surface area contributed by atoms with Crippen LogP contribution in [0.15, 0.2) is 18.3 Å². The lowest BCUT2D eigenvalue weighted by Gasteiger charge is -2.19. The van der Waals surface area contributed by atoms with Gasteiger partial charge < -0.3 is 19.9 Å². The summed E-state index contributed by atoms with van der Waals surface area (Å²) in [4.78, 5) is 11.7. The van der Waals surface area contributed by atoms with Crippen LogP contribution in [0.4, 0.5) is 4.79 Å². The van der Waals surface area contributed by atoms with Gasteiger partial charge in [0.25, 0.3) is 0 Å². The van der Waals surface area contributed by atoms with Crippen LogP contribution >= 0.6 is 0 Å². The number of carbonyl (C=O) groups excluding carboxylic acids is 1. The zero-order chi connectivity index (χ0) is 16.6. The minimum atomic E-state index is -0.461. The number of hydrogen-bond acceptors (Lipinski definition) is 3. The van der Waals surface area contributed by atoms with Gasteiger partial charge in [0.1, 0.15) is 5.60 Å². The van der Waals surface area contributed by atoms with Crippen molar-refractivity contribution in [3.63, 3.8) is 0 Å². The molecule has 3 rings (SSSR count). The molecule has 1 amide bonds. The van der Waals surface area contributed by atoms with Gasteiger partial charge in [0.2, 0.25) is 0 Å². The molecule has 0 spiro atoms. The van der Waals surface area contributed by atoms with Gasteiger partial charge in [0.05, 0.1) is 0 Å². The first-order chi connectivity index (χ1) is 10.8. The Kier molecular flexibility index (Phi) is 4.06. The predicted molar refractivity (Wildman–Crippen MR) is 91.4 cm³/mol. The highest BCUT2D eigenvalue weighted by atomic mass is 16.6. The summed E-state index contributed by atoms with van der Waals surface area (Å²) < 4.78 is 7.43. The average molecular weight is 315 g/mol. The molecule has 5 nitrogen and oxygen atoms in total. The quantitative estimate of drug-likeness (QED) is 0.916. The van der Waals surface area contributed by atoms with Crippen LogP contribution in [0.25, 0.3) is 10.9 Å². The van der Waals surface area contributed by atoms with E-state index in [0.29, 0.717) is 6.54 Å². The zero-order valence-corrected chi connectivity index (χ0v) is 14.3. The van der Waals surface area contributed by atoms with Crippen LogP contribution in [0.5, 0.6) is 0 Å². The van der Waals surface area contributed by atoms with Crippen LogP contribution in [-0.4, -0.2) is 22.8 Å². The number of hydrogen-bond donors (Lipinski definition) is 2. The van der Waals surface area contributed by atoms with Gasteiger partial charge in [-0.25, -0.2) is 4.79 Å². The summed E-state index contributed by atoms with van der Waals surface area (Å²) in [6, 6.07) is 4.56. The van der Waals surface area contributed by atoms with Crippen LogP contribution in [0, 0.1) is 0 Å². The third-order valence-corrected chi connectivity index (χ3v) is 4.09. The fourth-order valence-electron chi connectivity index (χ4n) is 3.07. The van der Waals surface area contributed by atoms with Gasteiger partial charge in [-0.1, -0.05) is 0 Å². The van der Waals surface area contributed by atoms with E-state index in [2.05, 4.69) is 40.6 Å². The molecule has 124 valence electrons. The van der Waals surface area contributed by atoms with Crippen molar-refractivity contribution in [2.75, 3.05) is 6.54 Å². The monoisotopic (exact) mass is 315 g/mol. The van der Waals surface area contributed by atoms with Crippen molar-refractivity contribution in [2.45, 2.75) is 45.9 Å².